The average Bonchev–Trinajstić information content (AvgIpc) is 2.72. The number of aryl methyl sites for hydroxylation is 1. The lowest BCUT2D eigenvalue weighted by Gasteiger charge is -2.35. The molecule has 0 radical (unpaired) electrons. The van der Waals surface area contributed by atoms with Gasteiger partial charge >= 0.3 is 6.03 Å². The van der Waals surface area contributed by atoms with Crippen LogP contribution in [0.25, 0.3) is 0 Å². The van der Waals surface area contributed by atoms with Gasteiger partial charge in [0, 0.05) is 24.2 Å². The van der Waals surface area contributed by atoms with Gasteiger partial charge < -0.3 is 20.3 Å². The van der Waals surface area contributed by atoms with E-state index in [0.29, 0.717) is 12.1 Å². The van der Waals surface area contributed by atoms with Crippen LogP contribution in [0.2, 0.25) is 0 Å². The molecule has 0 aliphatic carbocycles. The number of urea groups is 1. The van der Waals surface area contributed by atoms with Crippen LogP contribution < -0.4 is 15.4 Å². The molecular weight excluding hydrogens is 400 g/mol. The Hall–Kier alpha value is -2.67. The molecule has 2 amide bonds. The Balaban J connectivity index is 1.71. The van der Waals surface area contributed by atoms with Gasteiger partial charge in [-0.1, -0.05) is 12.1 Å². The molecular formula is C24H31F2N3O2. The summed E-state index contributed by atoms with van der Waals surface area (Å²) in [5, 5.41) is 6.26. The number of carbonyl (C=O) groups excluding carboxylic acids is 1. The Morgan fingerprint density at radius 2 is 1.87 bits per heavy atom. The van der Waals surface area contributed by atoms with Crippen LogP contribution in [0.1, 0.15) is 43.4 Å². The SMILES string of the molecule is Cc1cc(OC(C)C)ccc1CNC(=O)N(Cc1ccc(F)cc1F)C1CCNCC1. The number of hydrogen-bond acceptors (Lipinski definition) is 3. The maximum Gasteiger partial charge on any atom is 0.318 e. The minimum atomic E-state index is -0.636. The molecule has 5 nitrogen and oxygen atoms in total. The fraction of sp³-hybridized carbons (Fsp3) is 0.458. The highest BCUT2D eigenvalue weighted by molar-refractivity contribution is 5.74. The number of piperidine rings is 1. The Labute approximate surface area is 182 Å². The molecule has 2 aromatic rings. The fourth-order valence-electron chi connectivity index (χ4n) is 3.80. The van der Waals surface area contributed by atoms with E-state index in [9.17, 15) is 13.6 Å². The summed E-state index contributed by atoms with van der Waals surface area (Å²) in [7, 11) is 0. The molecule has 1 saturated heterocycles. The van der Waals surface area contributed by atoms with Crippen LogP contribution in [0.15, 0.2) is 36.4 Å². The monoisotopic (exact) mass is 431 g/mol. The second-order valence-electron chi connectivity index (χ2n) is 8.26. The molecule has 0 spiro atoms. The number of nitrogens with zero attached hydrogens (tertiary/aromatic N) is 1. The maximum absolute atomic E-state index is 14.3. The summed E-state index contributed by atoms with van der Waals surface area (Å²) in [5.41, 5.74) is 2.32. The van der Waals surface area contributed by atoms with E-state index in [1.807, 2.05) is 39.0 Å². The van der Waals surface area contributed by atoms with Crippen molar-refractivity contribution in [2.24, 2.45) is 0 Å². The molecule has 1 aliphatic heterocycles. The van der Waals surface area contributed by atoms with Crippen molar-refractivity contribution in [1.82, 2.24) is 15.5 Å². The van der Waals surface area contributed by atoms with Crippen molar-refractivity contribution in [1.29, 1.82) is 0 Å². The summed E-state index contributed by atoms with van der Waals surface area (Å²) in [6.45, 7) is 8.00. The van der Waals surface area contributed by atoms with Crippen LogP contribution in [0.5, 0.6) is 5.75 Å². The standard InChI is InChI=1S/C24H31F2N3O2/c1-16(2)31-22-7-5-18(17(3)12-22)14-28-24(30)29(21-8-10-27-11-9-21)15-19-4-6-20(25)13-23(19)26/h4-7,12-13,16,21,27H,8-11,14-15H2,1-3H3,(H,28,30). The predicted octanol–water partition coefficient (Wildman–Crippen LogP) is 4.52. The predicted molar refractivity (Wildman–Crippen MR) is 117 cm³/mol. The van der Waals surface area contributed by atoms with Gasteiger partial charge in [0.2, 0.25) is 0 Å². The molecule has 0 unspecified atom stereocenters. The molecule has 0 saturated carbocycles. The van der Waals surface area contributed by atoms with Crippen molar-refractivity contribution in [2.75, 3.05) is 13.1 Å². The first-order chi connectivity index (χ1) is 14.8. The molecule has 31 heavy (non-hydrogen) atoms. The van der Waals surface area contributed by atoms with Crippen molar-refractivity contribution < 1.29 is 18.3 Å². The number of carbonyl (C=O) groups is 1. The topological polar surface area (TPSA) is 53.6 Å². The fourth-order valence-corrected chi connectivity index (χ4v) is 3.80. The summed E-state index contributed by atoms with van der Waals surface area (Å²) in [5.74, 6) is -0.464. The van der Waals surface area contributed by atoms with Gasteiger partial charge in [-0.2, -0.15) is 0 Å². The second-order valence-corrected chi connectivity index (χ2v) is 8.26. The summed E-state index contributed by atoms with van der Waals surface area (Å²) in [6.07, 6.45) is 1.67. The second kappa shape index (κ2) is 10.6. The summed E-state index contributed by atoms with van der Waals surface area (Å²) in [6, 6.07) is 9.03. The highest BCUT2D eigenvalue weighted by atomic mass is 19.1. The number of halogens is 2. The molecule has 7 heteroatoms. The maximum atomic E-state index is 14.3. The van der Waals surface area contributed by atoms with Gasteiger partial charge in [0.15, 0.2) is 0 Å². The van der Waals surface area contributed by atoms with Crippen LogP contribution >= 0.6 is 0 Å². The zero-order valence-electron chi connectivity index (χ0n) is 18.4. The van der Waals surface area contributed by atoms with Crippen molar-refractivity contribution in [2.45, 2.75) is 58.8 Å². The average molecular weight is 432 g/mol. The van der Waals surface area contributed by atoms with E-state index >= 15 is 0 Å². The van der Waals surface area contributed by atoms with Crippen molar-refractivity contribution in [3.8, 4) is 5.75 Å². The van der Waals surface area contributed by atoms with E-state index in [0.717, 1.165) is 48.9 Å². The molecule has 1 heterocycles. The highest BCUT2D eigenvalue weighted by Crippen LogP contribution is 2.21. The Kier molecular flexibility index (Phi) is 7.85. The number of rotatable bonds is 7. The van der Waals surface area contributed by atoms with E-state index in [4.69, 9.17) is 4.74 Å². The Morgan fingerprint density at radius 1 is 1.16 bits per heavy atom. The summed E-state index contributed by atoms with van der Waals surface area (Å²) in [4.78, 5) is 14.8. The highest BCUT2D eigenvalue weighted by Gasteiger charge is 2.26. The van der Waals surface area contributed by atoms with Crippen LogP contribution in [0, 0.1) is 18.6 Å². The van der Waals surface area contributed by atoms with Gasteiger partial charge in [-0.25, -0.2) is 13.6 Å². The Morgan fingerprint density at radius 3 is 2.52 bits per heavy atom. The number of hydrogen-bond donors (Lipinski definition) is 2. The van der Waals surface area contributed by atoms with Gasteiger partial charge in [0.05, 0.1) is 12.6 Å². The summed E-state index contributed by atoms with van der Waals surface area (Å²) >= 11 is 0. The molecule has 1 aliphatic rings. The van der Waals surface area contributed by atoms with Crippen LogP contribution in [0.3, 0.4) is 0 Å². The van der Waals surface area contributed by atoms with E-state index in [1.54, 1.807) is 4.90 Å². The zero-order chi connectivity index (χ0) is 22.4. The first kappa shape index (κ1) is 23.0. The third kappa shape index (κ3) is 6.40. The quantitative estimate of drug-likeness (QED) is 0.678. The van der Waals surface area contributed by atoms with Gasteiger partial charge in [-0.05, 0) is 76.0 Å². The molecule has 1 fully saturated rings. The first-order valence-electron chi connectivity index (χ1n) is 10.8. The molecule has 0 atom stereocenters. The number of benzene rings is 2. The van der Waals surface area contributed by atoms with E-state index in [1.165, 1.54) is 12.1 Å². The molecule has 3 rings (SSSR count). The molecule has 2 aromatic carbocycles. The molecule has 2 N–H and O–H groups in total. The van der Waals surface area contributed by atoms with Crippen LogP contribution in [-0.2, 0) is 13.1 Å². The van der Waals surface area contributed by atoms with E-state index in [2.05, 4.69) is 10.6 Å². The molecule has 0 aromatic heterocycles. The van der Waals surface area contributed by atoms with Gasteiger partial charge in [-0.3, -0.25) is 0 Å². The normalized spacial score (nSPS) is 14.5. The lowest BCUT2D eigenvalue weighted by Crippen LogP contribution is -2.49. The van der Waals surface area contributed by atoms with E-state index < -0.39 is 11.6 Å². The third-order valence-electron chi connectivity index (χ3n) is 5.48. The number of amides is 2. The molecule has 0 bridgehead atoms. The smallest absolute Gasteiger partial charge is 0.318 e. The number of nitrogens with one attached hydrogen (secondary N) is 2. The Bertz CT molecular complexity index is 898. The zero-order valence-corrected chi connectivity index (χ0v) is 18.4. The van der Waals surface area contributed by atoms with Crippen molar-refractivity contribution in [3.63, 3.8) is 0 Å². The minimum Gasteiger partial charge on any atom is -0.491 e. The first-order valence-corrected chi connectivity index (χ1v) is 10.8. The van der Waals surface area contributed by atoms with Crippen LogP contribution in [-0.4, -0.2) is 36.2 Å². The summed E-state index contributed by atoms with van der Waals surface area (Å²) < 4.78 is 33.3. The van der Waals surface area contributed by atoms with Gasteiger partial charge in [-0.15, -0.1) is 0 Å². The van der Waals surface area contributed by atoms with E-state index in [-0.39, 0.29) is 24.7 Å². The largest absolute Gasteiger partial charge is 0.491 e. The van der Waals surface area contributed by atoms with Gasteiger partial charge in [0.25, 0.3) is 0 Å². The lowest BCUT2D eigenvalue weighted by atomic mass is 10.0. The van der Waals surface area contributed by atoms with Crippen molar-refractivity contribution >= 4 is 6.03 Å². The molecule has 168 valence electrons. The van der Waals surface area contributed by atoms with Gasteiger partial charge in [0.1, 0.15) is 17.4 Å². The van der Waals surface area contributed by atoms with Crippen molar-refractivity contribution in [3.05, 3.63) is 64.7 Å². The lowest BCUT2D eigenvalue weighted by molar-refractivity contribution is 0.153. The van der Waals surface area contributed by atoms with Crippen LogP contribution in [0.4, 0.5) is 13.6 Å². The third-order valence-corrected chi connectivity index (χ3v) is 5.48. The minimum absolute atomic E-state index is 0.00591. The number of ether oxygens (including phenoxy) is 1.